The van der Waals surface area contributed by atoms with Crippen LogP contribution in [-0.4, -0.2) is 29.2 Å². The zero-order valence-electron chi connectivity index (χ0n) is 11.4. The van der Waals surface area contributed by atoms with Crippen LogP contribution in [0.25, 0.3) is 10.1 Å². The number of nitrogens with zero attached hydrogens (tertiary/aromatic N) is 1. The van der Waals surface area contributed by atoms with Crippen LogP contribution in [0, 0.1) is 0 Å². The van der Waals surface area contributed by atoms with Crippen LogP contribution < -0.4 is 0 Å². The van der Waals surface area contributed by atoms with Crippen molar-refractivity contribution in [3.63, 3.8) is 0 Å². The van der Waals surface area contributed by atoms with Crippen molar-refractivity contribution in [2.24, 2.45) is 0 Å². The highest BCUT2D eigenvalue weighted by molar-refractivity contribution is 7.19. The molecule has 19 heavy (non-hydrogen) atoms. The van der Waals surface area contributed by atoms with Crippen LogP contribution >= 0.6 is 22.9 Å². The van der Waals surface area contributed by atoms with Crippen molar-refractivity contribution >= 4 is 33.0 Å². The summed E-state index contributed by atoms with van der Waals surface area (Å²) in [6, 6.07) is 8.71. The molecule has 0 atom stereocenters. The van der Waals surface area contributed by atoms with Crippen molar-refractivity contribution in [3.8, 4) is 0 Å². The maximum atomic E-state index is 8.98. The van der Waals surface area contributed by atoms with Gasteiger partial charge in [0.25, 0.3) is 0 Å². The predicted molar refractivity (Wildman–Crippen MR) is 84.1 cm³/mol. The lowest BCUT2D eigenvalue weighted by atomic mass is 10.2. The third kappa shape index (κ3) is 3.48. The second kappa shape index (κ2) is 6.71. The summed E-state index contributed by atoms with van der Waals surface area (Å²) in [7, 11) is 0. The van der Waals surface area contributed by atoms with Gasteiger partial charge in [-0.3, -0.25) is 4.90 Å². The molecule has 0 saturated heterocycles. The lowest BCUT2D eigenvalue weighted by Gasteiger charge is -2.25. The van der Waals surface area contributed by atoms with Gasteiger partial charge < -0.3 is 5.11 Å². The zero-order valence-corrected chi connectivity index (χ0v) is 13.0. The molecular weight excluding hydrogens is 278 g/mol. The highest BCUT2D eigenvalue weighted by Gasteiger charge is 2.15. The van der Waals surface area contributed by atoms with Crippen LogP contribution in [0.5, 0.6) is 0 Å². The summed E-state index contributed by atoms with van der Waals surface area (Å²) in [5.41, 5.74) is 0. The fourth-order valence-corrected chi connectivity index (χ4v) is 3.66. The molecular formula is C15H20ClNOS. The number of halogens is 1. The molecule has 0 unspecified atom stereocenters. The van der Waals surface area contributed by atoms with Crippen LogP contribution in [-0.2, 0) is 6.54 Å². The normalized spacial score (nSPS) is 11.9. The van der Waals surface area contributed by atoms with Gasteiger partial charge in [0.1, 0.15) is 0 Å². The molecule has 0 amide bonds. The topological polar surface area (TPSA) is 23.5 Å². The third-order valence-corrected chi connectivity index (χ3v) is 4.98. The van der Waals surface area contributed by atoms with Crippen LogP contribution in [0.2, 0.25) is 5.02 Å². The Labute approximate surface area is 123 Å². The number of aliphatic hydroxyl groups is 1. The molecule has 1 N–H and O–H groups in total. The minimum absolute atomic E-state index is 0.239. The lowest BCUT2D eigenvalue weighted by molar-refractivity contribution is 0.186. The van der Waals surface area contributed by atoms with E-state index >= 15 is 0 Å². The van der Waals surface area contributed by atoms with Gasteiger partial charge in [-0.25, -0.2) is 0 Å². The Hall–Kier alpha value is -0.610. The summed E-state index contributed by atoms with van der Waals surface area (Å²) in [6.07, 6.45) is 0.806. The summed E-state index contributed by atoms with van der Waals surface area (Å²) in [4.78, 5) is 3.57. The Kier molecular flexibility index (Phi) is 5.22. The van der Waals surface area contributed by atoms with Gasteiger partial charge in [0.2, 0.25) is 0 Å². The number of hydrogen-bond acceptors (Lipinski definition) is 3. The molecule has 2 nitrogen and oxygen atoms in total. The van der Waals surface area contributed by atoms with Gasteiger partial charge in [-0.15, -0.1) is 11.3 Å². The molecule has 104 valence electrons. The standard InChI is InChI=1S/C15H20ClNOS/c1-11(2)17(8-5-9-18)10-14-15(16)12-6-3-4-7-13(12)19-14/h3-4,6-7,11,18H,5,8-10H2,1-2H3. The van der Waals surface area contributed by atoms with Gasteiger partial charge in [0.15, 0.2) is 0 Å². The quantitative estimate of drug-likeness (QED) is 0.866. The van der Waals surface area contributed by atoms with E-state index in [-0.39, 0.29) is 6.61 Å². The summed E-state index contributed by atoms with van der Waals surface area (Å²) in [5, 5.41) is 11.0. The summed E-state index contributed by atoms with van der Waals surface area (Å²) < 4.78 is 1.24. The molecule has 1 heterocycles. The minimum atomic E-state index is 0.239. The van der Waals surface area contributed by atoms with Crippen molar-refractivity contribution in [2.45, 2.75) is 32.9 Å². The summed E-state index contributed by atoms with van der Waals surface area (Å²) >= 11 is 8.24. The Morgan fingerprint density at radius 3 is 2.68 bits per heavy atom. The second-order valence-corrected chi connectivity index (χ2v) is 6.49. The van der Waals surface area contributed by atoms with Crippen LogP contribution in [0.15, 0.2) is 24.3 Å². The number of hydrogen-bond donors (Lipinski definition) is 1. The van der Waals surface area contributed by atoms with E-state index in [0.29, 0.717) is 6.04 Å². The van der Waals surface area contributed by atoms with Gasteiger partial charge in [0, 0.05) is 40.7 Å². The molecule has 0 saturated carbocycles. The molecule has 0 aliphatic carbocycles. The third-order valence-electron chi connectivity index (χ3n) is 3.28. The average molecular weight is 298 g/mol. The SMILES string of the molecule is CC(C)N(CCCO)Cc1sc2ccccc2c1Cl. The zero-order chi connectivity index (χ0) is 13.8. The van der Waals surface area contributed by atoms with E-state index < -0.39 is 0 Å². The second-order valence-electron chi connectivity index (χ2n) is 4.98. The molecule has 1 aromatic heterocycles. The lowest BCUT2D eigenvalue weighted by Crippen LogP contribution is -2.31. The summed E-state index contributed by atoms with van der Waals surface area (Å²) in [6.45, 7) is 6.36. The molecule has 2 rings (SSSR count). The summed E-state index contributed by atoms with van der Waals surface area (Å²) in [5.74, 6) is 0. The van der Waals surface area contributed by atoms with Crippen LogP contribution in [0.1, 0.15) is 25.1 Å². The molecule has 0 aliphatic heterocycles. The smallest absolute Gasteiger partial charge is 0.0637 e. The molecule has 2 aromatic rings. The van der Waals surface area contributed by atoms with Gasteiger partial charge in [-0.2, -0.15) is 0 Å². The van der Waals surface area contributed by atoms with Crippen molar-refractivity contribution in [2.75, 3.05) is 13.2 Å². The Bertz CT molecular complexity index is 538. The molecule has 0 fully saturated rings. The number of rotatable bonds is 6. The predicted octanol–water partition coefficient (Wildman–Crippen LogP) is 4.15. The molecule has 4 heteroatoms. The van der Waals surface area contributed by atoms with Gasteiger partial charge in [-0.05, 0) is 26.3 Å². The average Bonchev–Trinajstić information content (AvgIpc) is 2.71. The first-order valence-corrected chi connectivity index (χ1v) is 7.83. The molecule has 0 bridgehead atoms. The number of fused-ring (bicyclic) bond motifs is 1. The maximum Gasteiger partial charge on any atom is 0.0637 e. The fraction of sp³-hybridized carbons (Fsp3) is 0.467. The first-order chi connectivity index (χ1) is 9.13. The Morgan fingerprint density at radius 1 is 1.32 bits per heavy atom. The molecule has 1 aromatic carbocycles. The molecule has 0 spiro atoms. The highest BCUT2D eigenvalue weighted by atomic mass is 35.5. The van der Waals surface area contributed by atoms with E-state index in [1.807, 2.05) is 12.1 Å². The van der Waals surface area contributed by atoms with Crippen molar-refractivity contribution in [1.82, 2.24) is 4.90 Å². The Morgan fingerprint density at radius 2 is 2.05 bits per heavy atom. The van der Waals surface area contributed by atoms with Gasteiger partial charge in [0.05, 0.1) is 5.02 Å². The number of aliphatic hydroxyl groups excluding tert-OH is 1. The fourth-order valence-electron chi connectivity index (χ4n) is 2.14. The van der Waals surface area contributed by atoms with Crippen LogP contribution in [0.3, 0.4) is 0 Å². The van der Waals surface area contributed by atoms with Crippen molar-refractivity contribution in [3.05, 3.63) is 34.2 Å². The van der Waals surface area contributed by atoms with Gasteiger partial charge >= 0.3 is 0 Å². The first-order valence-electron chi connectivity index (χ1n) is 6.64. The van der Waals surface area contributed by atoms with E-state index in [2.05, 4.69) is 30.9 Å². The van der Waals surface area contributed by atoms with Gasteiger partial charge in [-0.1, -0.05) is 29.8 Å². The van der Waals surface area contributed by atoms with Crippen LogP contribution in [0.4, 0.5) is 0 Å². The minimum Gasteiger partial charge on any atom is -0.396 e. The van der Waals surface area contributed by atoms with Crippen molar-refractivity contribution in [1.29, 1.82) is 0 Å². The van der Waals surface area contributed by atoms with E-state index in [0.717, 1.165) is 29.9 Å². The van der Waals surface area contributed by atoms with E-state index in [4.69, 9.17) is 16.7 Å². The monoisotopic (exact) mass is 297 g/mol. The Balaban J connectivity index is 2.21. The largest absolute Gasteiger partial charge is 0.396 e. The maximum absolute atomic E-state index is 8.98. The molecule has 0 aliphatic rings. The first kappa shape index (κ1) is 14.8. The number of benzene rings is 1. The highest BCUT2D eigenvalue weighted by Crippen LogP contribution is 2.36. The van der Waals surface area contributed by atoms with Crippen molar-refractivity contribution < 1.29 is 5.11 Å². The number of thiophene rings is 1. The van der Waals surface area contributed by atoms with E-state index in [9.17, 15) is 0 Å². The van der Waals surface area contributed by atoms with E-state index in [1.165, 1.54) is 9.58 Å². The van der Waals surface area contributed by atoms with E-state index in [1.54, 1.807) is 11.3 Å². The molecule has 0 radical (unpaired) electrons.